The normalized spacial score (nSPS) is 11.1. The van der Waals surface area contributed by atoms with Crippen LogP contribution in [0.3, 0.4) is 0 Å². The number of imidazole rings is 1. The summed E-state index contributed by atoms with van der Waals surface area (Å²) >= 11 is 2.89. The van der Waals surface area contributed by atoms with Gasteiger partial charge >= 0.3 is 0 Å². The first-order valence-electron chi connectivity index (χ1n) is 10.1. The molecule has 0 unspecified atom stereocenters. The van der Waals surface area contributed by atoms with E-state index in [0.717, 1.165) is 33.6 Å². The number of aromatic nitrogens is 3. The van der Waals surface area contributed by atoms with E-state index in [-0.39, 0.29) is 17.5 Å². The Morgan fingerprint density at radius 2 is 2.06 bits per heavy atom. The van der Waals surface area contributed by atoms with Crippen LogP contribution < -0.4 is 9.64 Å². The average molecular weight is 471 g/mol. The van der Waals surface area contributed by atoms with E-state index in [1.165, 1.54) is 35.2 Å². The molecule has 6 nitrogen and oxygen atoms in total. The maximum atomic E-state index is 13.2. The molecule has 0 aliphatic heterocycles. The van der Waals surface area contributed by atoms with Gasteiger partial charge in [-0.05, 0) is 49.2 Å². The van der Waals surface area contributed by atoms with Crippen LogP contribution in [0, 0.1) is 12.7 Å². The van der Waals surface area contributed by atoms with Crippen LogP contribution in [0.5, 0.6) is 5.75 Å². The van der Waals surface area contributed by atoms with Crippen molar-refractivity contribution in [3.8, 4) is 5.75 Å². The minimum Gasteiger partial charge on any atom is -0.494 e. The molecule has 0 fully saturated rings. The van der Waals surface area contributed by atoms with Gasteiger partial charge in [-0.25, -0.2) is 14.4 Å². The molecule has 0 saturated heterocycles. The third kappa shape index (κ3) is 5.11. The number of anilines is 1. The van der Waals surface area contributed by atoms with Gasteiger partial charge in [-0.2, -0.15) is 0 Å². The van der Waals surface area contributed by atoms with Crippen molar-refractivity contribution < 1.29 is 13.9 Å². The standard InChI is InChI=1S/C23H23FN4O2S2/c1-16-4-9-19(30-2)21-22(16)32-23(26-21)28(12-3-11-27-13-10-25-15-27)20(29)14-31-18-7-5-17(24)6-8-18/h4-10,13,15H,3,11-12,14H2,1-2H3. The highest BCUT2D eigenvalue weighted by Gasteiger charge is 2.21. The molecular weight excluding hydrogens is 447 g/mol. The van der Waals surface area contributed by atoms with Crippen molar-refractivity contribution in [1.82, 2.24) is 14.5 Å². The van der Waals surface area contributed by atoms with E-state index in [1.54, 1.807) is 36.7 Å². The van der Waals surface area contributed by atoms with Crippen LogP contribution in [-0.4, -0.2) is 39.8 Å². The summed E-state index contributed by atoms with van der Waals surface area (Å²) in [5.74, 6) is 0.601. The summed E-state index contributed by atoms with van der Waals surface area (Å²) in [6.45, 7) is 3.31. The lowest BCUT2D eigenvalue weighted by Gasteiger charge is -2.20. The molecule has 166 valence electrons. The molecule has 0 bridgehead atoms. The van der Waals surface area contributed by atoms with Crippen LogP contribution in [0.4, 0.5) is 9.52 Å². The molecule has 2 aromatic heterocycles. The zero-order valence-corrected chi connectivity index (χ0v) is 19.5. The number of methoxy groups -OCH3 is 1. The van der Waals surface area contributed by atoms with Gasteiger partial charge in [0.05, 0.1) is 23.9 Å². The quantitative estimate of drug-likeness (QED) is 0.316. The molecule has 9 heteroatoms. The molecule has 2 heterocycles. The lowest BCUT2D eigenvalue weighted by Crippen LogP contribution is -2.33. The summed E-state index contributed by atoms with van der Waals surface area (Å²) < 4.78 is 21.7. The maximum Gasteiger partial charge on any atom is 0.239 e. The molecule has 0 atom stereocenters. The topological polar surface area (TPSA) is 60.2 Å². The van der Waals surface area contributed by atoms with Crippen molar-refractivity contribution in [3.63, 3.8) is 0 Å². The number of amides is 1. The first-order chi connectivity index (χ1) is 15.5. The Labute approximate surface area is 194 Å². The number of hydrogen-bond donors (Lipinski definition) is 0. The Morgan fingerprint density at radius 1 is 1.25 bits per heavy atom. The number of benzene rings is 2. The minimum absolute atomic E-state index is 0.0411. The summed E-state index contributed by atoms with van der Waals surface area (Å²) in [4.78, 5) is 24.7. The smallest absolute Gasteiger partial charge is 0.239 e. The van der Waals surface area contributed by atoms with Gasteiger partial charge in [-0.1, -0.05) is 17.4 Å². The SMILES string of the molecule is COc1ccc(C)c2sc(N(CCCn3ccnc3)C(=O)CSc3ccc(F)cc3)nc12. The van der Waals surface area contributed by atoms with E-state index in [4.69, 9.17) is 9.72 Å². The number of fused-ring (bicyclic) bond motifs is 1. The van der Waals surface area contributed by atoms with Gasteiger partial charge in [0.2, 0.25) is 5.91 Å². The van der Waals surface area contributed by atoms with E-state index in [2.05, 4.69) is 4.98 Å². The summed E-state index contributed by atoms with van der Waals surface area (Å²) in [5, 5.41) is 0.655. The second-order valence-corrected chi connectivity index (χ2v) is 9.23. The van der Waals surface area contributed by atoms with Gasteiger partial charge in [0.15, 0.2) is 5.13 Å². The molecule has 2 aromatic carbocycles. The molecule has 0 saturated carbocycles. The van der Waals surface area contributed by atoms with Crippen LogP contribution in [0.15, 0.2) is 60.0 Å². The van der Waals surface area contributed by atoms with Gasteiger partial charge in [0, 0.05) is 30.4 Å². The van der Waals surface area contributed by atoms with Crippen molar-refractivity contribution >= 4 is 44.4 Å². The van der Waals surface area contributed by atoms with Crippen molar-refractivity contribution in [2.75, 3.05) is 24.3 Å². The molecule has 0 spiro atoms. The third-order valence-electron chi connectivity index (χ3n) is 4.98. The zero-order valence-electron chi connectivity index (χ0n) is 17.8. The maximum absolute atomic E-state index is 13.2. The first-order valence-corrected chi connectivity index (χ1v) is 11.9. The van der Waals surface area contributed by atoms with E-state index < -0.39 is 0 Å². The van der Waals surface area contributed by atoms with Crippen molar-refractivity contribution in [2.45, 2.75) is 24.8 Å². The van der Waals surface area contributed by atoms with Crippen LogP contribution in [0.1, 0.15) is 12.0 Å². The molecule has 0 aliphatic rings. The van der Waals surface area contributed by atoms with E-state index in [9.17, 15) is 9.18 Å². The van der Waals surface area contributed by atoms with E-state index in [1.807, 2.05) is 29.8 Å². The number of hydrogen-bond acceptors (Lipinski definition) is 6. The lowest BCUT2D eigenvalue weighted by atomic mass is 10.2. The lowest BCUT2D eigenvalue weighted by molar-refractivity contribution is -0.116. The number of carbonyl (C=O) groups is 1. The summed E-state index contributed by atoms with van der Waals surface area (Å²) in [6.07, 6.45) is 6.17. The Hall–Kier alpha value is -2.91. The largest absolute Gasteiger partial charge is 0.494 e. The molecular formula is C23H23FN4O2S2. The van der Waals surface area contributed by atoms with Crippen LogP contribution in [0.2, 0.25) is 0 Å². The molecule has 4 aromatic rings. The van der Waals surface area contributed by atoms with Gasteiger partial charge in [0.1, 0.15) is 17.1 Å². The van der Waals surface area contributed by atoms with Gasteiger partial charge in [0.25, 0.3) is 0 Å². The van der Waals surface area contributed by atoms with Gasteiger partial charge in [-0.15, -0.1) is 11.8 Å². The van der Waals surface area contributed by atoms with Crippen LogP contribution >= 0.6 is 23.1 Å². The Kier molecular flexibility index (Phi) is 7.06. The summed E-state index contributed by atoms with van der Waals surface area (Å²) in [5.41, 5.74) is 1.86. The number of thiazole rings is 1. The number of nitrogens with zero attached hydrogens (tertiary/aromatic N) is 4. The fourth-order valence-electron chi connectivity index (χ4n) is 3.29. The van der Waals surface area contributed by atoms with E-state index >= 15 is 0 Å². The molecule has 0 aliphatic carbocycles. The van der Waals surface area contributed by atoms with Gasteiger partial charge < -0.3 is 9.30 Å². The van der Waals surface area contributed by atoms with E-state index in [0.29, 0.717) is 17.4 Å². The predicted molar refractivity (Wildman–Crippen MR) is 127 cm³/mol. The highest BCUT2D eigenvalue weighted by molar-refractivity contribution is 8.00. The Balaban J connectivity index is 1.56. The van der Waals surface area contributed by atoms with Crippen molar-refractivity contribution in [3.05, 3.63) is 66.5 Å². The number of thioether (sulfide) groups is 1. The Bertz CT molecular complexity index is 1190. The minimum atomic E-state index is -0.291. The molecule has 1 amide bonds. The number of carbonyl (C=O) groups excluding carboxylic acids is 1. The molecule has 0 N–H and O–H groups in total. The highest BCUT2D eigenvalue weighted by Crippen LogP contribution is 2.36. The first kappa shape index (κ1) is 22.3. The zero-order chi connectivity index (χ0) is 22.5. The number of rotatable bonds is 9. The summed E-state index contributed by atoms with van der Waals surface area (Å²) in [6, 6.07) is 10.1. The second-order valence-electron chi connectivity index (χ2n) is 7.20. The highest BCUT2D eigenvalue weighted by atomic mass is 32.2. The van der Waals surface area contributed by atoms with Gasteiger partial charge in [-0.3, -0.25) is 9.69 Å². The fraction of sp³-hybridized carbons (Fsp3) is 0.261. The summed E-state index contributed by atoms with van der Waals surface area (Å²) in [7, 11) is 1.62. The molecule has 4 rings (SSSR count). The van der Waals surface area contributed by atoms with Crippen molar-refractivity contribution in [2.24, 2.45) is 0 Å². The predicted octanol–water partition coefficient (Wildman–Crippen LogP) is 5.16. The molecule has 32 heavy (non-hydrogen) atoms. The molecule has 0 radical (unpaired) electrons. The van der Waals surface area contributed by atoms with Crippen LogP contribution in [-0.2, 0) is 11.3 Å². The second kappa shape index (κ2) is 10.1. The number of aryl methyl sites for hydroxylation is 2. The van der Waals surface area contributed by atoms with Crippen molar-refractivity contribution in [1.29, 1.82) is 0 Å². The third-order valence-corrected chi connectivity index (χ3v) is 7.19. The average Bonchev–Trinajstić information content (AvgIpc) is 3.47. The number of halogens is 1. The number of ether oxygens (including phenoxy) is 1. The Morgan fingerprint density at radius 3 is 2.78 bits per heavy atom. The van der Waals surface area contributed by atoms with Crippen LogP contribution in [0.25, 0.3) is 10.2 Å². The monoisotopic (exact) mass is 470 g/mol. The fourth-order valence-corrected chi connectivity index (χ4v) is 5.16.